The molecular formula is C24H33NO5S2. The second-order valence-corrected chi connectivity index (χ2v) is 9.53. The zero-order chi connectivity index (χ0) is 23.7. The van der Waals surface area contributed by atoms with Crippen LogP contribution >= 0.6 is 24.0 Å². The van der Waals surface area contributed by atoms with Gasteiger partial charge in [-0.3, -0.25) is 9.69 Å². The van der Waals surface area contributed by atoms with Gasteiger partial charge >= 0.3 is 5.97 Å². The van der Waals surface area contributed by atoms with Crippen molar-refractivity contribution in [2.75, 3.05) is 7.11 Å². The Morgan fingerprint density at radius 1 is 1.22 bits per heavy atom. The van der Waals surface area contributed by atoms with Crippen LogP contribution in [0.1, 0.15) is 71.3 Å². The number of rotatable bonds is 13. The summed E-state index contributed by atoms with van der Waals surface area (Å²) in [6.07, 6.45) is 9.18. The summed E-state index contributed by atoms with van der Waals surface area (Å²) in [7, 11) is 1.58. The number of aliphatic carboxylic acids is 1. The van der Waals surface area contributed by atoms with Crippen molar-refractivity contribution in [1.82, 2.24) is 4.90 Å². The second-order valence-electron chi connectivity index (χ2n) is 7.86. The van der Waals surface area contributed by atoms with Crippen molar-refractivity contribution in [3.63, 3.8) is 0 Å². The summed E-state index contributed by atoms with van der Waals surface area (Å²) in [4.78, 5) is 25.9. The van der Waals surface area contributed by atoms with Gasteiger partial charge in [-0.25, -0.2) is 4.79 Å². The summed E-state index contributed by atoms with van der Waals surface area (Å²) in [5.41, 5.74) is 0.755. The maximum atomic E-state index is 12.8. The van der Waals surface area contributed by atoms with Crippen molar-refractivity contribution in [3.05, 3.63) is 28.7 Å². The van der Waals surface area contributed by atoms with E-state index in [1.54, 1.807) is 20.1 Å². The highest BCUT2D eigenvalue weighted by Gasteiger charge is 2.39. The molecule has 176 valence electrons. The normalized spacial score (nSPS) is 17.0. The first-order chi connectivity index (χ1) is 15.3. The molecule has 8 heteroatoms. The van der Waals surface area contributed by atoms with E-state index in [0.29, 0.717) is 16.4 Å². The number of nitrogens with zero attached hydrogens (tertiary/aromatic N) is 1. The van der Waals surface area contributed by atoms with Crippen LogP contribution in [-0.2, 0) is 9.59 Å². The van der Waals surface area contributed by atoms with E-state index in [4.69, 9.17) is 21.7 Å². The van der Waals surface area contributed by atoms with Crippen molar-refractivity contribution in [1.29, 1.82) is 0 Å². The number of thioether (sulfide) groups is 1. The first-order valence-electron chi connectivity index (χ1n) is 11.2. The van der Waals surface area contributed by atoms with E-state index in [0.717, 1.165) is 30.2 Å². The minimum Gasteiger partial charge on any atom is -0.493 e. The zero-order valence-corrected chi connectivity index (χ0v) is 20.9. The molecule has 2 atom stereocenters. The van der Waals surface area contributed by atoms with Gasteiger partial charge in [0.1, 0.15) is 10.4 Å². The fourth-order valence-electron chi connectivity index (χ4n) is 3.55. The van der Waals surface area contributed by atoms with Crippen LogP contribution in [0.3, 0.4) is 0 Å². The standard InChI is InChI=1S/C24H33NO5S2/c1-5-7-8-9-10-11-16(3)30-19-13-12-17(14-20(19)29-4)15-21-22(26)25(24(31)32-21)18(6-2)23(27)28/h12-16,18H,5-11H2,1-4H3,(H,27,28)/b21-15+/t16-,18+/m0/s1. The molecule has 1 aromatic carbocycles. The molecule has 0 unspecified atom stereocenters. The number of thiocarbonyl (C=S) groups is 1. The molecule has 1 heterocycles. The maximum Gasteiger partial charge on any atom is 0.326 e. The van der Waals surface area contributed by atoms with E-state index < -0.39 is 12.0 Å². The number of amides is 1. The number of carboxylic acids is 1. The van der Waals surface area contributed by atoms with Gasteiger partial charge in [0.25, 0.3) is 5.91 Å². The Balaban J connectivity index is 2.09. The van der Waals surface area contributed by atoms with Gasteiger partial charge in [-0.05, 0) is 50.0 Å². The van der Waals surface area contributed by atoms with Crippen LogP contribution in [0.25, 0.3) is 6.08 Å². The largest absolute Gasteiger partial charge is 0.493 e. The van der Waals surface area contributed by atoms with Crippen LogP contribution in [0.15, 0.2) is 23.1 Å². The van der Waals surface area contributed by atoms with Gasteiger partial charge in [-0.1, -0.05) is 69.6 Å². The number of carbonyl (C=O) groups excluding carboxylic acids is 1. The molecule has 6 nitrogen and oxygen atoms in total. The molecule has 0 bridgehead atoms. The van der Waals surface area contributed by atoms with Gasteiger partial charge in [0.15, 0.2) is 11.5 Å². The van der Waals surface area contributed by atoms with Crippen molar-refractivity contribution < 1.29 is 24.2 Å². The summed E-state index contributed by atoms with van der Waals surface area (Å²) in [6.45, 7) is 5.99. The van der Waals surface area contributed by atoms with E-state index in [1.807, 2.05) is 18.2 Å². The Labute approximate surface area is 200 Å². The fraction of sp³-hybridized carbons (Fsp3) is 0.542. The Hall–Kier alpha value is -2.06. The van der Waals surface area contributed by atoms with E-state index in [2.05, 4.69) is 13.8 Å². The lowest BCUT2D eigenvalue weighted by molar-refractivity contribution is -0.145. The smallest absolute Gasteiger partial charge is 0.326 e. The molecule has 0 aromatic heterocycles. The molecule has 1 N–H and O–H groups in total. The number of carbonyl (C=O) groups is 2. The number of benzene rings is 1. The molecule has 1 aromatic rings. The molecule has 0 radical (unpaired) electrons. The molecule has 1 saturated heterocycles. The molecule has 1 fully saturated rings. The lowest BCUT2D eigenvalue weighted by Gasteiger charge is -2.21. The number of carboxylic acid groups (broad SMARTS) is 1. The molecule has 0 saturated carbocycles. The molecule has 1 aliphatic heterocycles. The lowest BCUT2D eigenvalue weighted by atomic mass is 10.1. The predicted molar refractivity (Wildman–Crippen MR) is 133 cm³/mol. The van der Waals surface area contributed by atoms with Gasteiger partial charge < -0.3 is 14.6 Å². The highest BCUT2D eigenvalue weighted by atomic mass is 32.2. The average Bonchev–Trinajstić information content (AvgIpc) is 3.02. The Morgan fingerprint density at radius 3 is 2.56 bits per heavy atom. The van der Waals surface area contributed by atoms with Crippen LogP contribution in [0.4, 0.5) is 0 Å². The summed E-state index contributed by atoms with van der Waals surface area (Å²) in [5, 5.41) is 9.40. The van der Waals surface area contributed by atoms with Crippen molar-refractivity contribution in [2.45, 2.75) is 77.9 Å². The Kier molecular flexibility index (Phi) is 10.5. The van der Waals surface area contributed by atoms with E-state index >= 15 is 0 Å². The Morgan fingerprint density at radius 2 is 1.94 bits per heavy atom. The lowest BCUT2D eigenvalue weighted by Crippen LogP contribution is -2.43. The minimum atomic E-state index is -1.06. The molecule has 2 rings (SSSR count). The number of ether oxygens (including phenoxy) is 2. The molecule has 0 aliphatic carbocycles. The Bertz CT molecular complexity index is 855. The van der Waals surface area contributed by atoms with Gasteiger partial charge in [-0.2, -0.15) is 0 Å². The fourth-order valence-corrected chi connectivity index (χ4v) is 4.91. The third-order valence-electron chi connectivity index (χ3n) is 5.33. The van der Waals surface area contributed by atoms with Crippen molar-refractivity contribution in [3.8, 4) is 11.5 Å². The van der Waals surface area contributed by atoms with Crippen LogP contribution in [0.5, 0.6) is 11.5 Å². The SMILES string of the molecule is CCCCCCC[C@H](C)Oc1ccc(/C=C2/SC(=S)N([C@H](CC)C(=O)O)C2=O)cc1OC. The van der Waals surface area contributed by atoms with Gasteiger partial charge in [-0.15, -0.1) is 0 Å². The van der Waals surface area contributed by atoms with Crippen LogP contribution in [0.2, 0.25) is 0 Å². The molecule has 1 aliphatic rings. The van der Waals surface area contributed by atoms with Crippen LogP contribution in [-0.4, -0.2) is 45.5 Å². The first-order valence-corrected chi connectivity index (χ1v) is 12.4. The van der Waals surface area contributed by atoms with Crippen LogP contribution < -0.4 is 9.47 Å². The third-order valence-corrected chi connectivity index (χ3v) is 6.67. The summed E-state index contributed by atoms with van der Waals surface area (Å²) >= 11 is 6.38. The van der Waals surface area contributed by atoms with Gasteiger partial charge in [0, 0.05) is 0 Å². The quantitative estimate of drug-likeness (QED) is 0.215. The van der Waals surface area contributed by atoms with E-state index in [9.17, 15) is 14.7 Å². The summed E-state index contributed by atoms with van der Waals surface area (Å²) < 4.78 is 11.8. The average molecular weight is 480 g/mol. The highest BCUT2D eigenvalue weighted by Crippen LogP contribution is 2.36. The number of methoxy groups -OCH3 is 1. The highest BCUT2D eigenvalue weighted by molar-refractivity contribution is 8.26. The van der Waals surface area contributed by atoms with E-state index in [-0.39, 0.29) is 22.8 Å². The van der Waals surface area contributed by atoms with Crippen molar-refractivity contribution in [2.24, 2.45) is 0 Å². The minimum absolute atomic E-state index is 0.0784. The maximum absolute atomic E-state index is 12.8. The third kappa shape index (κ3) is 6.97. The number of hydrogen-bond donors (Lipinski definition) is 1. The van der Waals surface area contributed by atoms with Crippen molar-refractivity contribution >= 4 is 46.3 Å². The zero-order valence-electron chi connectivity index (χ0n) is 19.3. The van der Waals surface area contributed by atoms with E-state index in [1.165, 1.54) is 30.6 Å². The summed E-state index contributed by atoms with van der Waals surface area (Å²) in [6, 6.07) is 4.55. The van der Waals surface area contributed by atoms with Gasteiger partial charge in [0.2, 0.25) is 0 Å². The second kappa shape index (κ2) is 12.8. The first kappa shape index (κ1) is 26.2. The predicted octanol–water partition coefficient (Wildman–Crippen LogP) is 5.89. The molecular weight excluding hydrogens is 446 g/mol. The molecule has 32 heavy (non-hydrogen) atoms. The summed E-state index contributed by atoms with van der Waals surface area (Å²) in [5.74, 6) is -0.197. The van der Waals surface area contributed by atoms with Crippen LogP contribution in [0, 0.1) is 0 Å². The number of unbranched alkanes of at least 4 members (excludes halogenated alkanes) is 4. The number of hydrogen-bond acceptors (Lipinski definition) is 6. The topological polar surface area (TPSA) is 76.1 Å². The molecule has 0 spiro atoms. The van der Waals surface area contributed by atoms with Gasteiger partial charge in [0.05, 0.1) is 18.1 Å². The monoisotopic (exact) mass is 479 g/mol. The molecule has 1 amide bonds.